The average molecular weight is 291 g/mol. The van der Waals surface area contributed by atoms with Gasteiger partial charge in [-0.05, 0) is 37.5 Å². The Kier molecular flexibility index (Phi) is 3.76. The van der Waals surface area contributed by atoms with E-state index in [2.05, 4.69) is 0 Å². The van der Waals surface area contributed by atoms with E-state index < -0.39 is 0 Å². The van der Waals surface area contributed by atoms with Gasteiger partial charge in [-0.2, -0.15) is 0 Å². The number of methoxy groups -OCH3 is 1. The second-order valence-corrected chi connectivity index (χ2v) is 5.86. The van der Waals surface area contributed by atoms with Crippen molar-refractivity contribution in [2.24, 2.45) is 0 Å². The zero-order valence-electron chi connectivity index (χ0n) is 12.3. The van der Waals surface area contributed by atoms with Crippen LogP contribution < -0.4 is 10.5 Å². The van der Waals surface area contributed by atoms with Crippen molar-refractivity contribution in [2.45, 2.75) is 43.8 Å². The van der Waals surface area contributed by atoms with E-state index in [0.29, 0.717) is 23.6 Å². The molecule has 2 fully saturated rings. The van der Waals surface area contributed by atoms with Crippen LogP contribution in [-0.2, 0) is 9.47 Å². The summed E-state index contributed by atoms with van der Waals surface area (Å²) in [5, 5.41) is 0. The van der Waals surface area contributed by atoms with Crippen LogP contribution in [-0.4, -0.2) is 31.4 Å². The van der Waals surface area contributed by atoms with Gasteiger partial charge in [0.1, 0.15) is 11.9 Å². The predicted molar refractivity (Wildman–Crippen MR) is 78.4 cm³/mol. The molecule has 1 saturated heterocycles. The molecule has 1 saturated carbocycles. The number of carbonyl (C=O) groups is 1. The summed E-state index contributed by atoms with van der Waals surface area (Å²) < 4.78 is 16.5. The first-order valence-electron chi connectivity index (χ1n) is 7.40. The summed E-state index contributed by atoms with van der Waals surface area (Å²) in [5.74, 6) is 0.233. The van der Waals surface area contributed by atoms with Crippen LogP contribution in [0, 0.1) is 0 Å². The molecule has 1 unspecified atom stereocenters. The van der Waals surface area contributed by atoms with Gasteiger partial charge < -0.3 is 19.9 Å². The Morgan fingerprint density at radius 1 is 1.43 bits per heavy atom. The third-order valence-corrected chi connectivity index (χ3v) is 4.45. The largest absolute Gasteiger partial charge is 0.495 e. The topological polar surface area (TPSA) is 70.8 Å². The molecular weight excluding hydrogens is 270 g/mol. The van der Waals surface area contributed by atoms with Crippen molar-refractivity contribution in [3.63, 3.8) is 0 Å². The van der Waals surface area contributed by atoms with Crippen molar-refractivity contribution in [3.05, 3.63) is 23.8 Å². The van der Waals surface area contributed by atoms with E-state index in [9.17, 15) is 4.79 Å². The fraction of sp³-hybridized carbons (Fsp3) is 0.562. The highest BCUT2D eigenvalue weighted by Gasteiger charge is 2.43. The molecule has 1 heterocycles. The standard InChI is InChI=1S/C16H21NO4/c1-19-14-4-3-11(9-13(14)17)15(18)21-12-5-8-20-16(10-12)6-2-7-16/h3-4,9,12H,2,5-8,10,17H2,1H3. The molecule has 0 bridgehead atoms. The second kappa shape index (κ2) is 5.56. The van der Waals surface area contributed by atoms with Crippen molar-refractivity contribution in [3.8, 4) is 5.75 Å². The van der Waals surface area contributed by atoms with E-state index in [4.69, 9.17) is 19.9 Å². The number of esters is 1. The van der Waals surface area contributed by atoms with Gasteiger partial charge >= 0.3 is 5.97 Å². The minimum Gasteiger partial charge on any atom is -0.495 e. The lowest BCUT2D eigenvalue weighted by Crippen LogP contribution is -2.48. The quantitative estimate of drug-likeness (QED) is 0.684. The zero-order chi connectivity index (χ0) is 14.9. The number of nitrogen functional groups attached to an aromatic ring is 1. The number of anilines is 1. The Hall–Kier alpha value is -1.75. The number of hydrogen-bond acceptors (Lipinski definition) is 5. The Morgan fingerprint density at radius 2 is 2.24 bits per heavy atom. The Balaban J connectivity index is 1.64. The van der Waals surface area contributed by atoms with Gasteiger partial charge in [-0.3, -0.25) is 0 Å². The summed E-state index contributed by atoms with van der Waals surface area (Å²) >= 11 is 0. The molecule has 114 valence electrons. The molecule has 3 rings (SSSR count). The Labute approximate surface area is 124 Å². The first-order chi connectivity index (χ1) is 10.1. The van der Waals surface area contributed by atoms with E-state index in [1.165, 1.54) is 6.42 Å². The number of nitrogens with two attached hydrogens (primary N) is 1. The molecule has 2 aliphatic rings. The van der Waals surface area contributed by atoms with Crippen LogP contribution in [0.4, 0.5) is 5.69 Å². The SMILES string of the molecule is COc1ccc(C(=O)OC2CCOC3(CCC3)C2)cc1N. The molecule has 0 radical (unpaired) electrons. The fourth-order valence-corrected chi connectivity index (χ4v) is 3.08. The minimum absolute atomic E-state index is 0.0257. The molecular formula is C16H21NO4. The average Bonchev–Trinajstić information content (AvgIpc) is 2.45. The lowest BCUT2D eigenvalue weighted by atomic mass is 9.74. The number of benzene rings is 1. The van der Waals surface area contributed by atoms with Gasteiger partial charge in [0.15, 0.2) is 0 Å². The van der Waals surface area contributed by atoms with Crippen LogP contribution in [0.25, 0.3) is 0 Å². The lowest BCUT2D eigenvalue weighted by Gasteiger charge is -2.46. The van der Waals surface area contributed by atoms with Gasteiger partial charge in [0.2, 0.25) is 0 Å². The van der Waals surface area contributed by atoms with E-state index >= 15 is 0 Å². The minimum atomic E-state index is -0.328. The Morgan fingerprint density at radius 3 is 2.86 bits per heavy atom. The summed E-state index contributed by atoms with van der Waals surface area (Å²) in [7, 11) is 1.55. The summed E-state index contributed by atoms with van der Waals surface area (Å²) in [6, 6.07) is 4.96. The number of hydrogen-bond donors (Lipinski definition) is 1. The van der Waals surface area contributed by atoms with Crippen LogP contribution in [0.3, 0.4) is 0 Å². The highest BCUT2D eigenvalue weighted by atomic mass is 16.6. The monoisotopic (exact) mass is 291 g/mol. The van der Waals surface area contributed by atoms with E-state index in [1.54, 1.807) is 25.3 Å². The smallest absolute Gasteiger partial charge is 0.338 e. The maximum atomic E-state index is 12.2. The summed E-state index contributed by atoms with van der Waals surface area (Å²) in [5.41, 5.74) is 6.70. The fourth-order valence-electron chi connectivity index (χ4n) is 3.08. The van der Waals surface area contributed by atoms with Crippen molar-refractivity contribution in [2.75, 3.05) is 19.5 Å². The van der Waals surface area contributed by atoms with Crippen molar-refractivity contribution in [1.29, 1.82) is 0 Å². The molecule has 21 heavy (non-hydrogen) atoms. The maximum Gasteiger partial charge on any atom is 0.338 e. The van der Waals surface area contributed by atoms with Gasteiger partial charge in [-0.25, -0.2) is 4.79 Å². The summed E-state index contributed by atoms with van der Waals surface area (Å²) in [4.78, 5) is 12.2. The van der Waals surface area contributed by atoms with E-state index in [1.807, 2.05) is 0 Å². The molecule has 2 N–H and O–H groups in total. The summed E-state index contributed by atoms with van der Waals surface area (Å²) in [6.07, 6.45) is 4.88. The lowest BCUT2D eigenvalue weighted by molar-refractivity contribution is -0.159. The molecule has 0 aromatic heterocycles. The van der Waals surface area contributed by atoms with E-state index in [0.717, 1.165) is 25.7 Å². The first-order valence-corrected chi connectivity index (χ1v) is 7.40. The third-order valence-electron chi connectivity index (χ3n) is 4.45. The molecule has 1 aromatic carbocycles. The number of ether oxygens (including phenoxy) is 3. The van der Waals surface area contributed by atoms with Crippen molar-refractivity contribution >= 4 is 11.7 Å². The van der Waals surface area contributed by atoms with Crippen molar-refractivity contribution < 1.29 is 19.0 Å². The molecule has 5 nitrogen and oxygen atoms in total. The van der Waals surface area contributed by atoms with Gasteiger partial charge in [0, 0.05) is 12.8 Å². The van der Waals surface area contributed by atoms with Crippen LogP contribution in [0.2, 0.25) is 0 Å². The molecule has 0 amide bonds. The van der Waals surface area contributed by atoms with Gasteiger partial charge in [0.05, 0.1) is 30.6 Å². The second-order valence-electron chi connectivity index (χ2n) is 5.86. The van der Waals surface area contributed by atoms with Gasteiger partial charge in [-0.1, -0.05) is 0 Å². The van der Waals surface area contributed by atoms with Crippen LogP contribution in [0.15, 0.2) is 18.2 Å². The first kappa shape index (κ1) is 14.2. The highest BCUT2D eigenvalue weighted by molar-refractivity contribution is 5.91. The van der Waals surface area contributed by atoms with E-state index in [-0.39, 0.29) is 17.7 Å². The normalized spacial score (nSPS) is 23.4. The predicted octanol–water partition coefficient (Wildman–Crippen LogP) is 2.54. The van der Waals surface area contributed by atoms with Crippen LogP contribution in [0.1, 0.15) is 42.5 Å². The van der Waals surface area contributed by atoms with Gasteiger partial charge in [0.25, 0.3) is 0 Å². The zero-order valence-corrected chi connectivity index (χ0v) is 12.3. The van der Waals surface area contributed by atoms with Crippen LogP contribution in [0.5, 0.6) is 5.75 Å². The Bertz CT molecular complexity index is 539. The molecule has 1 aliphatic carbocycles. The summed E-state index contributed by atoms with van der Waals surface area (Å²) in [6.45, 7) is 0.669. The highest BCUT2D eigenvalue weighted by Crippen LogP contribution is 2.43. The molecule has 1 aromatic rings. The van der Waals surface area contributed by atoms with Gasteiger partial charge in [-0.15, -0.1) is 0 Å². The third kappa shape index (κ3) is 2.83. The van der Waals surface area contributed by atoms with Crippen LogP contribution >= 0.6 is 0 Å². The van der Waals surface area contributed by atoms with Crippen molar-refractivity contribution in [1.82, 2.24) is 0 Å². The molecule has 1 atom stereocenters. The molecule has 1 aliphatic heterocycles. The molecule has 1 spiro atoms. The number of rotatable bonds is 3. The molecule has 5 heteroatoms. The maximum absolute atomic E-state index is 12.2. The number of carbonyl (C=O) groups excluding carboxylic acids is 1.